The summed E-state index contributed by atoms with van der Waals surface area (Å²) in [5.41, 5.74) is 0.475. The summed E-state index contributed by atoms with van der Waals surface area (Å²) in [5, 5.41) is 2.78. The van der Waals surface area contributed by atoms with Crippen molar-refractivity contribution in [3.05, 3.63) is 24.3 Å². The first kappa shape index (κ1) is 19.8. The van der Waals surface area contributed by atoms with E-state index in [1.165, 1.54) is 10.4 Å². The number of carbonyl (C=O) groups excluding carboxylic acids is 2. The Kier molecular flexibility index (Phi) is 6.13. The van der Waals surface area contributed by atoms with Crippen LogP contribution in [0.5, 0.6) is 0 Å². The normalized spacial score (nSPS) is 19.2. The minimum atomic E-state index is -3.50. The van der Waals surface area contributed by atoms with E-state index < -0.39 is 10.0 Å². The van der Waals surface area contributed by atoms with Crippen LogP contribution in [0.4, 0.5) is 5.69 Å². The van der Waals surface area contributed by atoms with Crippen molar-refractivity contribution in [3.8, 4) is 0 Å². The molecule has 2 amide bonds. The van der Waals surface area contributed by atoms with Crippen molar-refractivity contribution in [1.82, 2.24) is 14.1 Å². The standard InChI is InChI=1S/C18H26N4O4S/c1-15(23)21-11-9-20(10-12-21)14-18(24)19-16-5-4-6-17(13-16)27(25,26)22-7-2-3-8-22/h4-6,13H,2-3,7-12,14H2,1H3,(H,19,24). The van der Waals surface area contributed by atoms with Gasteiger partial charge in [0.05, 0.1) is 11.4 Å². The molecule has 2 aliphatic heterocycles. The minimum absolute atomic E-state index is 0.0510. The maximum Gasteiger partial charge on any atom is 0.243 e. The van der Waals surface area contributed by atoms with E-state index >= 15 is 0 Å². The molecule has 2 heterocycles. The van der Waals surface area contributed by atoms with Gasteiger partial charge in [0.15, 0.2) is 0 Å². The zero-order valence-electron chi connectivity index (χ0n) is 15.6. The summed E-state index contributed by atoms with van der Waals surface area (Å²) in [4.78, 5) is 27.6. The van der Waals surface area contributed by atoms with Crippen LogP contribution in [-0.2, 0) is 19.6 Å². The van der Waals surface area contributed by atoms with Gasteiger partial charge < -0.3 is 10.2 Å². The predicted molar refractivity (Wildman–Crippen MR) is 102 cm³/mol. The highest BCUT2D eigenvalue weighted by Gasteiger charge is 2.27. The second-order valence-electron chi connectivity index (χ2n) is 6.97. The Morgan fingerprint density at radius 3 is 2.33 bits per heavy atom. The molecule has 0 radical (unpaired) electrons. The molecule has 0 bridgehead atoms. The van der Waals surface area contributed by atoms with Crippen LogP contribution < -0.4 is 5.32 Å². The summed E-state index contributed by atoms with van der Waals surface area (Å²) in [6.07, 6.45) is 1.76. The highest BCUT2D eigenvalue weighted by Crippen LogP contribution is 2.23. The molecule has 148 valence electrons. The molecule has 0 atom stereocenters. The molecule has 2 saturated heterocycles. The number of piperazine rings is 1. The van der Waals surface area contributed by atoms with Crippen molar-refractivity contribution in [3.63, 3.8) is 0 Å². The molecule has 0 saturated carbocycles. The van der Waals surface area contributed by atoms with Crippen LogP contribution in [0.1, 0.15) is 19.8 Å². The summed E-state index contributed by atoms with van der Waals surface area (Å²) < 4.78 is 26.8. The molecule has 1 aromatic rings. The van der Waals surface area contributed by atoms with Crippen LogP contribution in [0, 0.1) is 0 Å². The molecule has 9 heteroatoms. The molecule has 2 fully saturated rings. The highest BCUT2D eigenvalue weighted by atomic mass is 32.2. The van der Waals surface area contributed by atoms with Crippen molar-refractivity contribution in [2.75, 3.05) is 51.1 Å². The molecule has 3 rings (SSSR count). The van der Waals surface area contributed by atoms with Crippen LogP contribution in [0.25, 0.3) is 0 Å². The van der Waals surface area contributed by atoms with E-state index in [4.69, 9.17) is 0 Å². The predicted octanol–water partition coefficient (Wildman–Crippen LogP) is 0.574. The first-order chi connectivity index (χ1) is 12.9. The molecule has 2 aliphatic rings. The summed E-state index contributed by atoms with van der Waals surface area (Å²) >= 11 is 0. The number of nitrogens with one attached hydrogen (secondary N) is 1. The SMILES string of the molecule is CC(=O)N1CCN(CC(=O)Nc2cccc(S(=O)(=O)N3CCCC3)c2)CC1. The molecule has 0 unspecified atom stereocenters. The average molecular weight is 394 g/mol. The van der Waals surface area contributed by atoms with Crippen LogP contribution in [0.3, 0.4) is 0 Å². The maximum atomic E-state index is 12.6. The molecule has 0 aliphatic carbocycles. The largest absolute Gasteiger partial charge is 0.340 e. The number of carbonyl (C=O) groups is 2. The number of rotatable bonds is 5. The van der Waals surface area contributed by atoms with Gasteiger partial charge in [-0.25, -0.2) is 8.42 Å². The van der Waals surface area contributed by atoms with Gasteiger partial charge in [0.2, 0.25) is 21.8 Å². The fraction of sp³-hybridized carbons (Fsp3) is 0.556. The third kappa shape index (κ3) is 4.85. The topological polar surface area (TPSA) is 90.0 Å². The van der Waals surface area contributed by atoms with Gasteiger partial charge >= 0.3 is 0 Å². The van der Waals surface area contributed by atoms with E-state index in [1.54, 1.807) is 30.0 Å². The van der Waals surface area contributed by atoms with Gasteiger partial charge in [0.25, 0.3) is 0 Å². The lowest BCUT2D eigenvalue weighted by molar-refractivity contribution is -0.130. The van der Waals surface area contributed by atoms with Crippen molar-refractivity contribution >= 4 is 27.5 Å². The molecule has 0 aromatic heterocycles. The monoisotopic (exact) mass is 394 g/mol. The Labute approximate surface area is 160 Å². The molecular weight excluding hydrogens is 368 g/mol. The van der Waals surface area contributed by atoms with Gasteiger partial charge in [-0.1, -0.05) is 6.07 Å². The maximum absolute atomic E-state index is 12.6. The molecular formula is C18H26N4O4S. The van der Waals surface area contributed by atoms with Crippen molar-refractivity contribution in [2.24, 2.45) is 0 Å². The summed E-state index contributed by atoms with van der Waals surface area (Å²) in [7, 11) is -3.50. The van der Waals surface area contributed by atoms with Crippen LogP contribution in [-0.4, -0.2) is 80.2 Å². The molecule has 27 heavy (non-hydrogen) atoms. The molecule has 8 nitrogen and oxygen atoms in total. The zero-order valence-corrected chi connectivity index (χ0v) is 16.4. The second-order valence-corrected chi connectivity index (χ2v) is 8.91. The third-order valence-corrected chi connectivity index (χ3v) is 6.90. The Morgan fingerprint density at radius 2 is 1.70 bits per heavy atom. The van der Waals surface area contributed by atoms with E-state index in [0.29, 0.717) is 45.0 Å². The Balaban J connectivity index is 1.58. The number of hydrogen-bond donors (Lipinski definition) is 1. The minimum Gasteiger partial charge on any atom is -0.340 e. The van der Waals surface area contributed by atoms with Gasteiger partial charge in [-0.3, -0.25) is 14.5 Å². The summed E-state index contributed by atoms with van der Waals surface area (Å²) in [6, 6.07) is 6.41. The van der Waals surface area contributed by atoms with Crippen molar-refractivity contribution in [2.45, 2.75) is 24.7 Å². The van der Waals surface area contributed by atoms with Crippen molar-refractivity contribution in [1.29, 1.82) is 0 Å². The first-order valence-electron chi connectivity index (χ1n) is 9.24. The fourth-order valence-electron chi connectivity index (χ4n) is 3.44. The molecule has 1 aromatic carbocycles. The van der Waals surface area contributed by atoms with E-state index in [9.17, 15) is 18.0 Å². The number of sulfonamides is 1. The van der Waals surface area contributed by atoms with Gasteiger partial charge in [-0.05, 0) is 31.0 Å². The molecule has 1 N–H and O–H groups in total. The third-order valence-electron chi connectivity index (χ3n) is 5.01. The smallest absolute Gasteiger partial charge is 0.243 e. The fourth-order valence-corrected chi connectivity index (χ4v) is 5.00. The zero-order chi connectivity index (χ0) is 19.4. The number of hydrogen-bond acceptors (Lipinski definition) is 5. The van der Waals surface area contributed by atoms with Gasteiger partial charge in [0.1, 0.15) is 0 Å². The summed E-state index contributed by atoms with van der Waals surface area (Å²) in [5.74, 6) is -0.142. The van der Waals surface area contributed by atoms with E-state index in [1.807, 2.05) is 4.90 Å². The summed E-state index contributed by atoms with van der Waals surface area (Å²) in [6.45, 7) is 5.39. The Hall–Kier alpha value is -1.97. The van der Waals surface area contributed by atoms with Crippen LogP contribution in [0.15, 0.2) is 29.2 Å². The Morgan fingerprint density at radius 1 is 1.04 bits per heavy atom. The second kappa shape index (κ2) is 8.37. The van der Waals surface area contributed by atoms with Gasteiger partial charge in [-0.2, -0.15) is 4.31 Å². The van der Waals surface area contributed by atoms with Crippen molar-refractivity contribution < 1.29 is 18.0 Å². The van der Waals surface area contributed by atoms with Crippen LogP contribution >= 0.6 is 0 Å². The number of nitrogens with zero attached hydrogens (tertiary/aromatic N) is 3. The lowest BCUT2D eigenvalue weighted by Gasteiger charge is -2.33. The quantitative estimate of drug-likeness (QED) is 0.789. The lowest BCUT2D eigenvalue weighted by atomic mass is 10.3. The first-order valence-corrected chi connectivity index (χ1v) is 10.7. The highest BCUT2D eigenvalue weighted by molar-refractivity contribution is 7.89. The van der Waals surface area contributed by atoms with E-state index in [-0.39, 0.29) is 23.3 Å². The van der Waals surface area contributed by atoms with Gasteiger partial charge in [0, 0.05) is 51.9 Å². The van der Waals surface area contributed by atoms with Gasteiger partial charge in [-0.15, -0.1) is 0 Å². The average Bonchev–Trinajstić information content (AvgIpc) is 3.18. The Bertz CT molecular complexity index is 797. The number of benzene rings is 1. The number of anilines is 1. The number of amides is 2. The van der Waals surface area contributed by atoms with E-state index in [2.05, 4.69) is 5.32 Å². The van der Waals surface area contributed by atoms with Crippen LogP contribution in [0.2, 0.25) is 0 Å². The van der Waals surface area contributed by atoms with E-state index in [0.717, 1.165) is 12.8 Å². The molecule has 0 spiro atoms. The lowest BCUT2D eigenvalue weighted by Crippen LogP contribution is -2.49.